The van der Waals surface area contributed by atoms with Crippen LogP contribution in [-0.2, 0) is 6.54 Å². The quantitative estimate of drug-likeness (QED) is 0.688. The minimum Gasteiger partial charge on any atom is -0.496 e. The number of amides is 1. The fraction of sp³-hybridized carbons (Fsp3) is 0.100. The van der Waals surface area contributed by atoms with Gasteiger partial charge < -0.3 is 15.4 Å². The van der Waals surface area contributed by atoms with Gasteiger partial charge in [0.25, 0.3) is 5.91 Å². The fourth-order valence-electron chi connectivity index (χ4n) is 2.49. The highest BCUT2D eigenvalue weighted by molar-refractivity contribution is 5.93. The minimum absolute atomic E-state index is 0.1000. The van der Waals surface area contributed by atoms with Crippen LogP contribution in [0, 0.1) is 11.6 Å². The highest BCUT2D eigenvalue weighted by atomic mass is 19.1. The van der Waals surface area contributed by atoms with Crippen molar-refractivity contribution in [1.82, 2.24) is 10.3 Å². The largest absolute Gasteiger partial charge is 0.496 e. The average Bonchev–Trinajstić information content (AvgIpc) is 2.68. The molecule has 7 heteroatoms. The van der Waals surface area contributed by atoms with Gasteiger partial charge in [-0.3, -0.25) is 9.78 Å². The van der Waals surface area contributed by atoms with Crippen LogP contribution in [0.3, 0.4) is 0 Å². The van der Waals surface area contributed by atoms with E-state index in [1.165, 1.54) is 18.3 Å². The number of hydrogen-bond acceptors (Lipinski definition) is 4. The molecular weight excluding hydrogens is 352 g/mol. The SMILES string of the molecule is COc1ccccc1CNC(=O)c1cc(Nc2ccc(F)cc2F)ccn1. The first kappa shape index (κ1) is 18.3. The number of para-hydroxylation sites is 1. The van der Waals surface area contributed by atoms with E-state index >= 15 is 0 Å². The summed E-state index contributed by atoms with van der Waals surface area (Å²) in [6.07, 6.45) is 1.43. The minimum atomic E-state index is -0.728. The lowest BCUT2D eigenvalue weighted by Gasteiger charge is -2.11. The third-order valence-electron chi connectivity index (χ3n) is 3.83. The van der Waals surface area contributed by atoms with E-state index in [4.69, 9.17) is 4.74 Å². The van der Waals surface area contributed by atoms with Crippen molar-refractivity contribution in [3.63, 3.8) is 0 Å². The molecule has 5 nitrogen and oxygen atoms in total. The molecule has 3 rings (SSSR count). The number of benzene rings is 2. The van der Waals surface area contributed by atoms with Crippen LogP contribution >= 0.6 is 0 Å². The summed E-state index contributed by atoms with van der Waals surface area (Å²) in [6, 6.07) is 13.6. The molecule has 0 atom stereocenters. The number of methoxy groups -OCH3 is 1. The van der Waals surface area contributed by atoms with E-state index in [0.29, 0.717) is 11.4 Å². The monoisotopic (exact) mass is 369 g/mol. The first-order valence-corrected chi connectivity index (χ1v) is 8.15. The van der Waals surface area contributed by atoms with E-state index < -0.39 is 11.6 Å². The van der Waals surface area contributed by atoms with E-state index in [0.717, 1.165) is 17.7 Å². The molecule has 0 saturated carbocycles. The normalized spacial score (nSPS) is 10.3. The van der Waals surface area contributed by atoms with E-state index in [9.17, 15) is 13.6 Å². The second kappa shape index (κ2) is 8.27. The van der Waals surface area contributed by atoms with Gasteiger partial charge in [-0.05, 0) is 30.3 Å². The molecule has 3 aromatic rings. The molecule has 0 bridgehead atoms. The summed E-state index contributed by atoms with van der Waals surface area (Å²) in [4.78, 5) is 16.4. The van der Waals surface area contributed by atoms with Crippen LogP contribution in [0.25, 0.3) is 0 Å². The van der Waals surface area contributed by atoms with Crippen LogP contribution in [0.15, 0.2) is 60.8 Å². The van der Waals surface area contributed by atoms with Crippen molar-refractivity contribution in [3.8, 4) is 5.75 Å². The number of anilines is 2. The predicted molar refractivity (Wildman–Crippen MR) is 98.0 cm³/mol. The molecular formula is C20H17F2N3O2. The molecule has 2 aromatic carbocycles. The van der Waals surface area contributed by atoms with Gasteiger partial charge in [0.05, 0.1) is 12.8 Å². The summed E-state index contributed by atoms with van der Waals surface area (Å²) in [5.41, 5.74) is 1.55. The topological polar surface area (TPSA) is 63.2 Å². The Morgan fingerprint density at radius 3 is 2.70 bits per heavy atom. The number of aromatic nitrogens is 1. The zero-order chi connectivity index (χ0) is 19.2. The third kappa shape index (κ3) is 4.58. The highest BCUT2D eigenvalue weighted by Crippen LogP contribution is 2.21. The Labute approximate surface area is 155 Å². The van der Waals surface area contributed by atoms with Crippen molar-refractivity contribution in [3.05, 3.63) is 83.7 Å². The Balaban J connectivity index is 1.70. The lowest BCUT2D eigenvalue weighted by molar-refractivity contribution is 0.0945. The zero-order valence-corrected chi connectivity index (χ0v) is 14.5. The Morgan fingerprint density at radius 1 is 1.11 bits per heavy atom. The molecule has 27 heavy (non-hydrogen) atoms. The smallest absolute Gasteiger partial charge is 0.270 e. The fourth-order valence-corrected chi connectivity index (χ4v) is 2.49. The molecule has 0 aliphatic rings. The van der Waals surface area contributed by atoms with Crippen LogP contribution in [0.1, 0.15) is 16.1 Å². The summed E-state index contributed by atoms with van der Waals surface area (Å²) in [7, 11) is 1.56. The van der Waals surface area contributed by atoms with Gasteiger partial charge in [0.1, 0.15) is 23.1 Å². The molecule has 0 aliphatic carbocycles. The van der Waals surface area contributed by atoms with Crippen LogP contribution in [0.5, 0.6) is 5.75 Å². The first-order chi connectivity index (χ1) is 13.1. The second-order valence-corrected chi connectivity index (χ2v) is 5.67. The van der Waals surface area contributed by atoms with Gasteiger partial charge in [-0.25, -0.2) is 8.78 Å². The van der Waals surface area contributed by atoms with Crippen LogP contribution in [0.4, 0.5) is 20.2 Å². The molecule has 138 valence electrons. The Kier molecular flexibility index (Phi) is 5.61. The number of nitrogens with one attached hydrogen (secondary N) is 2. The number of carbonyl (C=O) groups is 1. The van der Waals surface area contributed by atoms with E-state index in [2.05, 4.69) is 15.6 Å². The van der Waals surface area contributed by atoms with E-state index in [1.54, 1.807) is 13.2 Å². The Bertz CT molecular complexity index is 963. The van der Waals surface area contributed by atoms with Crippen LogP contribution in [-0.4, -0.2) is 18.0 Å². The molecule has 1 heterocycles. The van der Waals surface area contributed by atoms with Gasteiger partial charge in [-0.1, -0.05) is 18.2 Å². The summed E-state index contributed by atoms with van der Waals surface area (Å²) < 4.78 is 32.0. The number of ether oxygens (including phenoxy) is 1. The lowest BCUT2D eigenvalue weighted by atomic mass is 10.2. The first-order valence-electron chi connectivity index (χ1n) is 8.15. The maximum absolute atomic E-state index is 13.8. The van der Waals surface area contributed by atoms with E-state index in [-0.39, 0.29) is 23.8 Å². The number of nitrogens with zero attached hydrogens (tertiary/aromatic N) is 1. The van der Waals surface area contributed by atoms with Gasteiger partial charge in [-0.2, -0.15) is 0 Å². The van der Waals surface area contributed by atoms with Crippen LogP contribution in [0.2, 0.25) is 0 Å². The van der Waals surface area contributed by atoms with Gasteiger partial charge in [-0.15, -0.1) is 0 Å². The van der Waals surface area contributed by atoms with Gasteiger partial charge >= 0.3 is 0 Å². The van der Waals surface area contributed by atoms with Crippen molar-refractivity contribution >= 4 is 17.3 Å². The molecule has 0 spiro atoms. The summed E-state index contributed by atoms with van der Waals surface area (Å²) in [5, 5.41) is 5.57. The Hall–Kier alpha value is -3.48. The molecule has 2 N–H and O–H groups in total. The van der Waals surface area contributed by atoms with E-state index in [1.807, 2.05) is 24.3 Å². The maximum Gasteiger partial charge on any atom is 0.270 e. The molecule has 0 unspecified atom stereocenters. The highest BCUT2D eigenvalue weighted by Gasteiger charge is 2.11. The number of pyridine rings is 1. The molecule has 1 aromatic heterocycles. The molecule has 0 aliphatic heterocycles. The summed E-state index contributed by atoms with van der Waals surface area (Å²) in [5.74, 6) is -1.10. The second-order valence-electron chi connectivity index (χ2n) is 5.67. The van der Waals surface area contributed by atoms with Crippen molar-refractivity contribution in [2.45, 2.75) is 6.54 Å². The Morgan fingerprint density at radius 2 is 1.93 bits per heavy atom. The standard InChI is InChI=1S/C20H17F2N3O2/c1-27-19-5-3-2-4-13(19)12-24-20(26)18-11-15(8-9-23-18)25-17-7-6-14(21)10-16(17)22/h2-11H,12H2,1H3,(H,23,25)(H,24,26). The van der Waals surface area contributed by atoms with Crippen molar-refractivity contribution < 1.29 is 18.3 Å². The summed E-state index contributed by atoms with van der Waals surface area (Å²) in [6.45, 7) is 0.273. The maximum atomic E-state index is 13.8. The molecule has 0 saturated heterocycles. The van der Waals surface area contributed by atoms with Crippen molar-refractivity contribution in [2.75, 3.05) is 12.4 Å². The molecule has 1 amide bonds. The van der Waals surface area contributed by atoms with Gasteiger partial charge in [0.15, 0.2) is 0 Å². The lowest BCUT2D eigenvalue weighted by Crippen LogP contribution is -2.24. The number of hydrogen-bond donors (Lipinski definition) is 2. The van der Waals surface area contributed by atoms with Gasteiger partial charge in [0, 0.05) is 30.1 Å². The zero-order valence-electron chi connectivity index (χ0n) is 14.5. The number of halogens is 2. The predicted octanol–water partition coefficient (Wildman–Crippen LogP) is 4.04. The summed E-state index contributed by atoms with van der Waals surface area (Å²) >= 11 is 0. The molecule has 0 radical (unpaired) electrons. The van der Waals surface area contributed by atoms with Gasteiger partial charge in [0.2, 0.25) is 0 Å². The number of carbonyl (C=O) groups excluding carboxylic acids is 1. The van der Waals surface area contributed by atoms with Crippen LogP contribution < -0.4 is 15.4 Å². The van der Waals surface area contributed by atoms with Crippen molar-refractivity contribution in [2.24, 2.45) is 0 Å². The van der Waals surface area contributed by atoms with Crippen molar-refractivity contribution in [1.29, 1.82) is 0 Å². The molecule has 0 fully saturated rings. The third-order valence-corrected chi connectivity index (χ3v) is 3.83. The number of rotatable bonds is 6. The average molecular weight is 369 g/mol.